The van der Waals surface area contributed by atoms with Crippen LogP contribution < -0.4 is 0 Å². The lowest BCUT2D eigenvalue weighted by Gasteiger charge is -2.25. The first-order chi connectivity index (χ1) is 5.82. The maximum Gasteiger partial charge on any atom is 0.228 e. The fourth-order valence-corrected chi connectivity index (χ4v) is 1.41. The summed E-state index contributed by atoms with van der Waals surface area (Å²) in [4.78, 5) is 13.2. The topological polar surface area (TPSA) is 60.8 Å². The van der Waals surface area contributed by atoms with Gasteiger partial charge in [-0.15, -0.1) is 0 Å². The Morgan fingerprint density at radius 1 is 1.23 bits per heavy atom. The highest BCUT2D eigenvalue weighted by molar-refractivity contribution is 5.81. The summed E-state index contributed by atoms with van der Waals surface area (Å²) in [5, 5.41) is 18.5. The molecule has 4 heteroatoms. The van der Waals surface area contributed by atoms with Crippen LogP contribution in [-0.2, 0) is 4.79 Å². The molecule has 0 unspecified atom stereocenters. The van der Waals surface area contributed by atoms with E-state index in [4.69, 9.17) is 0 Å². The van der Waals surface area contributed by atoms with Crippen molar-refractivity contribution >= 4 is 5.91 Å². The molecule has 2 atom stereocenters. The largest absolute Gasteiger partial charge is 0.388 e. The van der Waals surface area contributed by atoms with E-state index in [0.717, 1.165) is 0 Å². The second-order valence-electron chi connectivity index (χ2n) is 4.59. The summed E-state index contributed by atoms with van der Waals surface area (Å²) in [6.07, 6.45) is -1.57. The molecule has 0 saturated carbocycles. The summed E-state index contributed by atoms with van der Waals surface area (Å²) in [7, 11) is 0. The van der Waals surface area contributed by atoms with E-state index >= 15 is 0 Å². The number of hydrogen-bond donors (Lipinski definition) is 2. The van der Waals surface area contributed by atoms with Gasteiger partial charge in [0.1, 0.15) is 0 Å². The van der Waals surface area contributed by atoms with Crippen LogP contribution in [0.5, 0.6) is 0 Å². The number of carbonyl (C=O) groups excluding carboxylic acids is 1. The minimum absolute atomic E-state index is 0.0249. The molecule has 0 aromatic heterocycles. The molecule has 0 aliphatic carbocycles. The Bertz CT molecular complexity index is 199. The van der Waals surface area contributed by atoms with Gasteiger partial charge in [-0.2, -0.15) is 0 Å². The number of carbonyl (C=O) groups is 1. The van der Waals surface area contributed by atoms with Crippen LogP contribution in [0.1, 0.15) is 20.8 Å². The van der Waals surface area contributed by atoms with E-state index in [1.165, 1.54) is 4.90 Å². The maximum atomic E-state index is 11.7. The van der Waals surface area contributed by atoms with Crippen molar-refractivity contribution in [3.05, 3.63) is 0 Å². The molecule has 1 heterocycles. The van der Waals surface area contributed by atoms with Crippen LogP contribution in [0.4, 0.5) is 0 Å². The van der Waals surface area contributed by atoms with Gasteiger partial charge in [0.15, 0.2) is 0 Å². The third-order valence-corrected chi connectivity index (χ3v) is 2.19. The molecule has 4 nitrogen and oxygen atoms in total. The molecule has 1 fully saturated rings. The number of rotatable bonds is 0. The Kier molecular flexibility index (Phi) is 2.63. The maximum absolute atomic E-state index is 11.7. The molecule has 1 aliphatic heterocycles. The van der Waals surface area contributed by atoms with Crippen LogP contribution in [0.2, 0.25) is 0 Å². The van der Waals surface area contributed by atoms with Gasteiger partial charge in [-0.25, -0.2) is 0 Å². The number of amides is 1. The number of aliphatic hydroxyl groups is 2. The molecular formula is C9H17NO3. The highest BCUT2D eigenvalue weighted by Gasteiger charge is 2.36. The number of likely N-dealkylation sites (tertiary alicyclic amines) is 1. The Hall–Kier alpha value is -0.610. The Balaban J connectivity index is 2.61. The number of nitrogens with zero attached hydrogens (tertiary/aromatic N) is 1. The van der Waals surface area contributed by atoms with Crippen molar-refractivity contribution in [1.82, 2.24) is 4.90 Å². The zero-order chi connectivity index (χ0) is 10.2. The van der Waals surface area contributed by atoms with Crippen molar-refractivity contribution < 1.29 is 15.0 Å². The third-order valence-electron chi connectivity index (χ3n) is 2.19. The van der Waals surface area contributed by atoms with Crippen LogP contribution >= 0.6 is 0 Å². The molecule has 0 spiro atoms. The van der Waals surface area contributed by atoms with Gasteiger partial charge in [-0.1, -0.05) is 20.8 Å². The molecule has 0 aromatic rings. The van der Waals surface area contributed by atoms with E-state index < -0.39 is 17.6 Å². The average Bonchev–Trinajstić information content (AvgIpc) is 2.29. The standard InChI is InChI=1S/C9H17NO3/c1-9(2,3)8(13)10-4-6(11)7(12)5-10/h6-7,11-12H,4-5H2,1-3H3/t6-,7+. The lowest BCUT2D eigenvalue weighted by Crippen LogP contribution is -2.38. The quantitative estimate of drug-likeness (QED) is 0.542. The highest BCUT2D eigenvalue weighted by Crippen LogP contribution is 2.21. The molecule has 1 saturated heterocycles. The van der Waals surface area contributed by atoms with E-state index in [9.17, 15) is 15.0 Å². The monoisotopic (exact) mass is 187 g/mol. The fourth-order valence-electron chi connectivity index (χ4n) is 1.41. The first kappa shape index (κ1) is 10.5. The normalized spacial score (nSPS) is 29.5. The van der Waals surface area contributed by atoms with E-state index in [2.05, 4.69) is 0 Å². The molecule has 1 amide bonds. The predicted molar refractivity (Wildman–Crippen MR) is 48.0 cm³/mol. The average molecular weight is 187 g/mol. The van der Waals surface area contributed by atoms with Crippen molar-refractivity contribution in [2.45, 2.75) is 33.0 Å². The van der Waals surface area contributed by atoms with Crippen LogP contribution in [0.15, 0.2) is 0 Å². The van der Waals surface area contributed by atoms with Gasteiger partial charge >= 0.3 is 0 Å². The smallest absolute Gasteiger partial charge is 0.228 e. The van der Waals surface area contributed by atoms with Crippen LogP contribution in [0, 0.1) is 5.41 Å². The van der Waals surface area contributed by atoms with Crippen LogP contribution in [-0.4, -0.2) is 46.3 Å². The fraction of sp³-hybridized carbons (Fsp3) is 0.889. The summed E-state index contributed by atoms with van der Waals surface area (Å²) in [5.74, 6) is -0.0249. The Morgan fingerprint density at radius 2 is 1.62 bits per heavy atom. The SMILES string of the molecule is CC(C)(C)C(=O)N1C[C@@H](O)[C@@H](O)C1. The van der Waals surface area contributed by atoms with Crippen molar-refractivity contribution in [3.63, 3.8) is 0 Å². The van der Waals surface area contributed by atoms with Gasteiger partial charge < -0.3 is 15.1 Å². The van der Waals surface area contributed by atoms with Gasteiger partial charge in [0.05, 0.1) is 12.2 Å². The number of hydrogen-bond acceptors (Lipinski definition) is 3. The number of aliphatic hydroxyl groups excluding tert-OH is 2. The molecule has 2 N–H and O–H groups in total. The van der Waals surface area contributed by atoms with Crippen molar-refractivity contribution in [2.24, 2.45) is 5.41 Å². The lowest BCUT2D eigenvalue weighted by atomic mass is 9.95. The second kappa shape index (κ2) is 3.27. The molecule has 0 bridgehead atoms. The molecule has 76 valence electrons. The van der Waals surface area contributed by atoms with Crippen molar-refractivity contribution in [3.8, 4) is 0 Å². The van der Waals surface area contributed by atoms with Crippen molar-refractivity contribution in [2.75, 3.05) is 13.1 Å². The van der Waals surface area contributed by atoms with Crippen LogP contribution in [0.3, 0.4) is 0 Å². The Labute approximate surface area is 78.2 Å². The van der Waals surface area contributed by atoms with Gasteiger partial charge in [-0.3, -0.25) is 4.79 Å². The van der Waals surface area contributed by atoms with E-state index in [1.807, 2.05) is 20.8 Å². The zero-order valence-electron chi connectivity index (χ0n) is 8.32. The lowest BCUT2D eigenvalue weighted by molar-refractivity contribution is -0.138. The third kappa shape index (κ3) is 2.19. The van der Waals surface area contributed by atoms with E-state index in [0.29, 0.717) is 0 Å². The molecule has 1 aliphatic rings. The first-order valence-corrected chi connectivity index (χ1v) is 4.48. The minimum atomic E-state index is -0.786. The molecule has 1 rings (SSSR count). The zero-order valence-corrected chi connectivity index (χ0v) is 8.32. The van der Waals surface area contributed by atoms with Gasteiger partial charge in [0.25, 0.3) is 0 Å². The molecule has 0 aromatic carbocycles. The molecule has 0 radical (unpaired) electrons. The Morgan fingerprint density at radius 3 is 1.92 bits per heavy atom. The first-order valence-electron chi connectivity index (χ1n) is 4.48. The van der Waals surface area contributed by atoms with Crippen LogP contribution in [0.25, 0.3) is 0 Å². The van der Waals surface area contributed by atoms with Gasteiger partial charge in [0, 0.05) is 18.5 Å². The van der Waals surface area contributed by atoms with Crippen molar-refractivity contribution in [1.29, 1.82) is 0 Å². The van der Waals surface area contributed by atoms with Gasteiger partial charge in [-0.05, 0) is 0 Å². The summed E-state index contributed by atoms with van der Waals surface area (Å²) in [6, 6.07) is 0. The second-order valence-corrected chi connectivity index (χ2v) is 4.59. The van der Waals surface area contributed by atoms with E-state index in [-0.39, 0.29) is 19.0 Å². The van der Waals surface area contributed by atoms with E-state index in [1.54, 1.807) is 0 Å². The summed E-state index contributed by atoms with van der Waals surface area (Å²) in [5.41, 5.74) is -0.441. The summed E-state index contributed by atoms with van der Waals surface area (Å²) in [6.45, 7) is 5.97. The summed E-state index contributed by atoms with van der Waals surface area (Å²) >= 11 is 0. The van der Waals surface area contributed by atoms with Gasteiger partial charge in [0.2, 0.25) is 5.91 Å². The number of β-amino-alcohol motifs (C(OH)–C–C–N with tert-alkyl or cyclic N) is 2. The highest BCUT2D eigenvalue weighted by atomic mass is 16.3. The minimum Gasteiger partial charge on any atom is -0.388 e. The summed E-state index contributed by atoms with van der Waals surface area (Å²) < 4.78 is 0. The molecule has 13 heavy (non-hydrogen) atoms. The predicted octanol–water partition coefficient (Wildman–Crippen LogP) is -0.404. The molecular weight excluding hydrogens is 170 g/mol.